The molecular formula is C24H34O3Si. The molecule has 0 aliphatic carbocycles. The number of aliphatic hydroxyl groups excluding tert-OH is 2. The van der Waals surface area contributed by atoms with Crippen molar-refractivity contribution in [2.24, 2.45) is 5.92 Å². The van der Waals surface area contributed by atoms with E-state index in [-0.39, 0.29) is 5.92 Å². The second-order valence-electron chi connectivity index (χ2n) is 8.92. The van der Waals surface area contributed by atoms with Crippen molar-refractivity contribution in [1.82, 2.24) is 0 Å². The molecule has 3 nitrogen and oxygen atoms in total. The van der Waals surface area contributed by atoms with Crippen molar-refractivity contribution in [3.63, 3.8) is 0 Å². The van der Waals surface area contributed by atoms with Crippen molar-refractivity contribution >= 4 is 18.7 Å². The van der Waals surface area contributed by atoms with E-state index in [1.54, 1.807) is 0 Å². The molecule has 2 N–H and O–H groups in total. The highest BCUT2D eigenvalue weighted by Gasteiger charge is 2.49. The normalized spacial score (nSPS) is 24.8. The second kappa shape index (κ2) is 7.75. The first-order valence-electron chi connectivity index (χ1n) is 10.2. The molecule has 0 amide bonds. The Morgan fingerprint density at radius 2 is 1.18 bits per heavy atom. The first kappa shape index (κ1) is 21.3. The van der Waals surface area contributed by atoms with Gasteiger partial charge in [-0.25, -0.2) is 0 Å². The van der Waals surface area contributed by atoms with E-state index < -0.39 is 20.5 Å². The van der Waals surface area contributed by atoms with E-state index in [0.29, 0.717) is 12.7 Å². The van der Waals surface area contributed by atoms with E-state index in [9.17, 15) is 10.2 Å². The van der Waals surface area contributed by atoms with Gasteiger partial charge in [0.1, 0.15) is 0 Å². The molecule has 152 valence electrons. The Labute approximate surface area is 170 Å². The van der Waals surface area contributed by atoms with Gasteiger partial charge in [-0.15, -0.1) is 0 Å². The lowest BCUT2D eigenvalue weighted by Crippen LogP contribution is -2.65. The Bertz CT molecular complexity index is 786. The van der Waals surface area contributed by atoms with Crippen LogP contribution in [-0.4, -0.2) is 37.3 Å². The van der Waals surface area contributed by atoms with Crippen molar-refractivity contribution in [2.45, 2.75) is 66.7 Å². The van der Waals surface area contributed by atoms with E-state index >= 15 is 0 Å². The zero-order chi connectivity index (χ0) is 20.8. The Morgan fingerprint density at radius 1 is 0.786 bits per heavy atom. The molecule has 4 heteroatoms. The second-order valence-corrected chi connectivity index (χ2v) is 12.3. The molecule has 0 unspecified atom stereocenters. The van der Waals surface area contributed by atoms with Crippen LogP contribution in [0.5, 0.6) is 0 Å². The topological polar surface area (TPSA) is 49.7 Å². The predicted molar refractivity (Wildman–Crippen MR) is 118 cm³/mol. The van der Waals surface area contributed by atoms with Crippen molar-refractivity contribution in [3.8, 4) is 0 Å². The maximum atomic E-state index is 11.0. The molecule has 1 saturated heterocycles. The Balaban J connectivity index is 2.37. The van der Waals surface area contributed by atoms with E-state index in [0.717, 1.165) is 0 Å². The number of aliphatic hydroxyl groups is 2. The molecule has 1 heterocycles. The molecule has 28 heavy (non-hydrogen) atoms. The fraction of sp³-hybridized carbons (Fsp3) is 0.500. The molecule has 1 fully saturated rings. The van der Waals surface area contributed by atoms with Gasteiger partial charge in [0.05, 0.1) is 12.2 Å². The third-order valence-corrected chi connectivity index (χ3v) is 11.1. The quantitative estimate of drug-likeness (QED) is 0.765. The van der Waals surface area contributed by atoms with Crippen LogP contribution in [-0.2, 0) is 4.43 Å². The van der Waals surface area contributed by atoms with Gasteiger partial charge in [-0.2, -0.15) is 0 Å². The monoisotopic (exact) mass is 398 g/mol. The maximum Gasteiger partial charge on any atom is 0.259 e. The van der Waals surface area contributed by atoms with Gasteiger partial charge >= 0.3 is 0 Å². The standard InChI is InChI=1S/C24H34O3Si/c1-14-8-16(3)23(17(4)9-14)28(13-21(25)22(26)20(7)12-27-28)24-18(5)10-15(2)11-19(24)6/h8-11,20-22,25-26H,12-13H2,1-7H3/t20-,21+,22+/m1/s1. The van der Waals surface area contributed by atoms with E-state index in [4.69, 9.17) is 4.43 Å². The largest absolute Gasteiger partial charge is 0.407 e. The summed E-state index contributed by atoms with van der Waals surface area (Å²) in [5.41, 5.74) is 7.37. The maximum absolute atomic E-state index is 11.0. The minimum Gasteiger partial charge on any atom is -0.407 e. The minimum absolute atomic E-state index is 0.0958. The van der Waals surface area contributed by atoms with Crippen LogP contribution in [0.2, 0.25) is 6.04 Å². The van der Waals surface area contributed by atoms with Crippen LogP contribution in [0, 0.1) is 47.5 Å². The van der Waals surface area contributed by atoms with E-state index in [1.807, 2.05) is 6.92 Å². The molecule has 2 aromatic rings. The summed E-state index contributed by atoms with van der Waals surface area (Å²) in [7, 11) is -2.77. The SMILES string of the molecule is Cc1cc(C)c([Si]2(c3c(C)cc(C)cc3C)C[C@H](O)[C@@H](O)[C@H](C)CO2)c(C)c1. The summed E-state index contributed by atoms with van der Waals surface area (Å²) in [5.74, 6) is -0.0958. The zero-order valence-corrected chi connectivity index (χ0v) is 19.3. The van der Waals surface area contributed by atoms with Crippen molar-refractivity contribution in [1.29, 1.82) is 0 Å². The summed E-state index contributed by atoms with van der Waals surface area (Å²) < 4.78 is 6.84. The molecular weight excluding hydrogens is 364 g/mol. The van der Waals surface area contributed by atoms with Crippen LogP contribution >= 0.6 is 0 Å². The van der Waals surface area contributed by atoms with Gasteiger partial charge in [0.15, 0.2) is 0 Å². The van der Waals surface area contributed by atoms with Gasteiger partial charge in [-0.1, -0.05) is 42.3 Å². The highest BCUT2D eigenvalue weighted by molar-refractivity contribution is 6.98. The summed E-state index contributed by atoms with van der Waals surface area (Å²) in [4.78, 5) is 0. The van der Waals surface area contributed by atoms with Crippen molar-refractivity contribution in [2.75, 3.05) is 6.61 Å². The molecule has 0 saturated carbocycles. The summed E-state index contributed by atoms with van der Waals surface area (Å²) in [5, 5.41) is 24.1. The summed E-state index contributed by atoms with van der Waals surface area (Å²) >= 11 is 0. The van der Waals surface area contributed by atoms with Crippen LogP contribution < -0.4 is 10.4 Å². The Hall–Kier alpha value is -1.46. The predicted octanol–water partition coefficient (Wildman–Crippen LogP) is 2.98. The van der Waals surface area contributed by atoms with Gasteiger partial charge in [0.25, 0.3) is 8.32 Å². The molecule has 1 aliphatic rings. The average molecular weight is 399 g/mol. The molecule has 3 rings (SSSR count). The Morgan fingerprint density at radius 3 is 1.57 bits per heavy atom. The Kier molecular flexibility index (Phi) is 5.88. The zero-order valence-electron chi connectivity index (χ0n) is 18.3. The average Bonchev–Trinajstić information content (AvgIpc) is 2.66. The van der Waals surface area contributed by atoms with E-state index in [2.05, 4.69) is 65.8 Å². The molecule has 0 aromatic heterocycles. The number of hydrogen-bond donors (Lipinski definition) is 2. The van der Waals surface area contributed by atoms with Crippen LogP contribution in [0.1, 0.15) is 40.3 Å². The third kappa shape index (κ3) is 3.59. The first-order chi connectivity index (χ1) is 13.1. The van der Waals surface area contributed by atoms with Crippen molar-refractivity contribution < 1.29 is 14.6 Å². The number of benzene rings is 2. The lowest BCUT2D eigenvalue weighted by molar-refractivity contribution is -0.00467. The smallest absolute Gasteiger partial charge is 0.259 e. The lowest BCUT2D eigenvalue weighted by Gasteiger charge is -2.37. The molecule has 3 atom stereocenters. The lowest BCUT2D eigenvalue weighted by atomic mass is 10.0. The van der Waals surface area contributed by atoms with Crippen LogP contribution in [0.25, 0.3) is 0 Å². The molecule has 1 aliphatic heterocycles. The number of aryl methyl sites for hydroxylation is 6. The highest BCUT2D eigenvalue weighted by atomic mass is 28.4. The number of rotatable bonds is 2. The summed E-state index contributed by atoms with van der Waals surface area (Å²) in [6.07, 6.45) is -1.55. The van der Waals surface area contributed by atoms with E-state index in [1.165, 1.54) is 43.8 Å². The fourth-order valence-electron chi connectivity index (χ4n) is 5.33. The summed E-state index contributed by atoms with van der Waals surface area (Å²) in [6.45, 7) is 15.3. The summed E-state index contributed by atoms with van der Waals surface area (Å²) in [6, 6.07) is 9.35. The van der Waals surface area contributed by atoms with Crippen LogP contribution in [0.4, 0.5) is 0 Å². The molecule has 2 aromatic carbocycles. The van der Waals surface area contributed by atoms with Gasteiger partial charge in [-0.3, -0.25) is 0 Å². The van der Waals surface area contributed by atoms with Crippen LogP contribution in [0.15, 0.2) is 24.3 Å². The van der Waals surface area contributed by atoms with Crippen LogP contribution in [0.3, 0.4) is 0 Å². The van der Waals surface area contributed by atoms with Gasteiger partial charge in [0, 0.05) is 18.6 Å². The molecule has 0 spiro atoms. The van der Waals surface area contributed by atoms with Gasteiger partial charge < -0.3 is 14.6 Å². The highest BCUT2D eigenvalue weighted by Crippen LogP contribution is 2.29. The van der Waals surface area contributed by atoms with Gasteiger partial charge in [0.2, 0.25) is 0 Å². The number of hydrogen-bond acceptors (Lipinski definition) is 3. The fourth-order valence-corrected chi connectivity index (χ4v) is 10.6. The minimum atomic E-state index is -2.77. The van der Waals surface area contributed by atoms with Gasteiger partial charge in [-0.05, 0) is 74.2 Å². The van der Waals surface area contributed by atoms with Crippen molar-refractivity contribution in [3.05, 3.63) is 57.6 Å². The molecule has 0 bridgehead atoms. The third-order valence-electron chi connectivity index (χ3n) is 6.23. The first-order valence-corrected chi connectivity index (χ1v) is 12.3. The molecule has 0 radical (unpaired) electrons.